The smallest absolute Gasteiger partial charge is 0.329 e. The topological polar surface area (TPSA) is 95.5 Å². The molecular weight excluding hydrogens is 284 g/mol. The van der Waals surface area contributed by atoms with E-state index in [0.717, 1.165) is 19.3 Å². The molecule has 1 aromatic carbocycles. The third kappa shape index (κ3) is 2.81. The Bertz CT molecular complexity index is 616. The second-order valence-corrected chi connectivity index (χ2v) is 6.02. The lowest BCUT2D eigenvalue weighted by Gasteiger charge is -2.38. The fourth-order valence-electron chi connectivity index (χ4n) is 2.48. The van der Waals surface area contributed by atoms with Crippen molar-refractivity contribution < 1.29 is 19.5 Å². The van der Waals surface area contributed by atoms with Crippen molar-refractivity contribution >= 4 is 17.8 Å². The van der Waals surface area contributed by atoms with Crippen LogP contribution in [0.2, 0.25) is 0 Å². The Labute approximate surface area is 127 Å². The summed E-state index contributed by atoms with van der Waals surface area (Å²) in [5.41, 5.74) is -0.269. The minimum Gasteiger partial charge on any atom is -0.480 e. The number of carboxylic acid groups (broad SMARTS) is 1. The van der Waals surface area contributed by atoms with Gasteiger partial charge in [-0.05, 0) is 56.4 Å². The lowest BCUT2D eigenvalue weighted by atomic mass is 9.76. The van der Waals surface area contributed by atoms with Gasteiger partial charge in [0.2, 0.25) is 0 Å². The molecule has 6 heteroatoms. The van der Waals surface area contributed by atoms with Crippen molar-refractivity contribution in [3.05, 3.63) is 35.4 Å². The first-order chi connectivity index (χ1) is 10.5. The molecule has 0 aromatic heterocycles. The van der Waals surface area contributed by atoms with Gasteiger partial charge in [-0.3, -0.25) is 9.59 Å². The summed E-state index contributed by atoms with van der Waals surface area (Å²) in [6.45, 7) is 0. The van der Waals surface area contributed by atoms with Crippen LogP contribution in [0.4, 0.5) is 0 Å². The van der Waals surface area contributed by atoms with Crippen molar-refractivity contribution in [3.8, 4) is 0 Å². The summed E-state index contributed by atoms with van der Waals surface area (Å²) in [4.78, 5) is 35.3. The molecule has 3 N–H and O–H groups in total. The number of carboxylic acids is 1. The number of carbonyl (C=O) groups excluding carboxylic acids is 2. The molecule has 116 valence electrons. The number of aliphatic carboxylic acids is 1. The number of benzene rings is 1. The van der Waals surface area contributed by atoms with Crippen molar-refractivity contribution in [1.29, 1.82) is 0 Å². The number of nitrogens with one attached hydrogen (secondary N) is 2. The lowest BCUT2D eigenvalue weighted by molar-refractivity contribution is -0.148. The first-order valence-electron chi connectivity index (χ1n) is 7.47. The van der Waals surface area contributed by atoms with Gasteiger partial charge in [-0.2, -0.15) is 0 Å². The third-order valence-corrected chi connectivity index (χ3v) is 4.29. The molecule has 0 spiro atoms. The molecule has 2 fully saturated rings. The molecule has 0 aliphatic heterocycles. The van der Waals surface area contributed by atoms with Crippen LogP contribution in [0.15, 0.2) is 24.3 Å². The molecule has 6 nitrogen and oxygen atoms in total. The summed E-state index contributed by atoms with van der Waals surface area (Å²) in [7, 11) is 0. The molecule has 0 bridgehead atoms. The van der Waals surface area contributed by atoms with Crippen LogP contribution in [0.3, 0.4) is 0 Å². The second kappa shape index (κ2) is 5.44. The summed E-state index contributed by atoms with van der Waals surface area (Å²) in [5, 5.41) is 14.7. The van der Waals surface area contributed by atoms with Crippen LogP contribution in [0.5, 0.6) is 0 Å². The summed E-state index contributed by atoms with van der Waals surface area (Å²) in [5.74, 6) is -1.56. The lowest BCUT2D eigenvalue weighted by Crippen LogP contribution is -2.59. The molecule has 1 aromatic rings. The van der Waals surface area contributed by atoms with Crippen molar-refractivity contribution in [2.45, 2.75) is 43.7 Å². The first-order valence-corrected chi connectivity index (χ1v) is 7.47. The Kier molecular flexibility index (Phi) is 3.60. The second-order valence-electron chi connectivity index (χ2n) is 6.02. The van der Waals surface area contributed by atoms with E-state index in [1.807, 2.05) is 0 Å². The van der Waals surface area contributed by atoms with Gasteiger partial charge >= 0.3 is 5.97 Å². The number of hydrogen-bond donors (Lipinski definition) is 3. The van der Waals surface area contributed by atoms with Crippen LogP contribution in [-0.4, -0.2) is 34.5 Å². The van der Waals surface area contributed by atoms with E-state index in [1.54, 1.807) is 24.3 Å². The van der Waals surface area contributed by atoms with Crippen LogP contribution in [0.1, 0.15) is 52.8 Å². The van der Waals surface area contributed by atoms with Gasteiger partial charge in [-0.25, -0.2) is 4.79 Å². The number of carbonyl (C=O) groups is 3. The normalized spacial score (nSPS) is 18.9. The molecule has 2 saturated carbocycles. The third-order valence-electron chi connectivity index (χ3n) is 4.29. The highest BCUT2D eigenvalue weighted by atomic mass is 16.4. The van der Waals surface area contributed by atoms with Crippen LogP contribution < -0.4 is 10.6 Å². The van der Waals surface area contributed by atoms with Crippen LogP contribution in [0.25, 0.3) is 0 Å². The van der Waals surface area contributed by atoms with Crippen molar-refractivity contribution in [2.24, 2.45) is 0 Å². The molecule has 0 saturated heterocycles. The Hall–Kier alpha value is -2.37. The van der Waals surface area contributed by atoms with E-state index in [2.05, 4.69) is 10.6 Å². The molecular formula is C16H18N2O4. The fraction of sp³-hybridized carbons (Fsp3) is 0.438. The highest BCUT2D eigenvalue weighted by Gasteiger charge is 2.45. The molecule has 0 unspecified atom stereocenters. The average Bonchev–Trinajstić information content (AvgIpc) is 3.26. The van der Waals surface area contributed by atoms with Gasteiger partial charge in [0.05, 0.1) is 0 Å². The van der Waals surface area contributed by atoms with Gasteiger partial charge in [-0.15, -0.1) is 0 Å². The summed E-state index contributed by atoms with van der Waals surface area (Å²) in [6.07, 6.45) is 3.74. The van der Waals surface area contributed by atoms with E-state index in [9.17, 15) is 19.5 Å². The van der Waals surface area contributed by atoms with Crippen LogP contribution in [-0.2, 0) is 4.79 Å². The molecule has 2 aliphatic carbocycles. The van der Waals surface area contributed by atoms with E-state index in [4.69, 9.17) is 0 Å². The van der Waals surface area contributed by atoms with E-state index in [0.29, 0.717) is 24.0 Å². The maximum atomic E-state index is 12.2. The first kappa shape index (κ1) is 14.6. The van der Waals surface area contributed by atoms with Gasteiger partial charge < -0.3 is 15.7 Å². The van der Waals surface area contributed by atoms with Gasteiger partial charge in [0.25, 0.3) is 11.8 Å². The van der Waals surface area contributed by atoms with Crippen molar-refractivity contribution in [2.75, 3.05) is 0 Å². The van der Waals surface area contributed by atoms with E-state index < -0.39 is 17.4 Å². The summed E-state index contributed by atoms with van der Waals surface area (Å²) < 4.78 is 0. The predicted octanol–water partition coefficient (Wildman–Crippen LogP) is 1.32. The fourth-order valence-corrected chi connectivity index (χ4v) is 2.48. The number of amides is 2. The molecule has 0 radical (unpaired) electrons. The van der Waals surface area contributed by atoms with Gasteiger partial charge in [0.15, 0.2) is 0 Å². The molecule has 2 aliphatic rings. The van der Waals surface area contributed by atoms with Gasteiger partial charge in [0.1, 0.15) is 5.54 Å². The summed E-state index contributed by atoms with van der Waals surface area (Å²) in [6, 6.07) is 6.54. The van der Waals surface area contributed by atoms with Crippen molar-refractivity contribution in [3.63, 3.8) is 0 Å². The van der Waals surface area contributed by atoms with Crippen LogP contribution in [0, 0.1) is 0 Å². The molecule has 3 rings (SSSR count). The predicted molar refractivity (Wildman–Crippen MR) is 78.6 cm³/mol. The van der Waals surface area contributed by atoms with E-state index >= 15 is 0 Å². The quantitative estimate of drug-likeness (QED) is 0.764. The monoisotopic (exact) mass is 302 g/mol. The maximum absolute atomic E-state index is 12.2. The van der Waals surface area contributed by atoms with Gasteiger partial charge in [0, 0.05) is 17.2 Å². The Balaban J connectivity index is 1.65. The van der Waals surface area contributed by atoms with Gasteiger partial charge in [-0.1, -0.05) is 0 Å². The van der Waals surface area contributed by atoms with E-state index in [1.165, 1.54) is 0 Å². The zero-order valence-electron chi connectivity index (χ0n) is 12.1. The zero-order chi connectivity index (χ0) is 15.7. The standard InChI is InChI=1S/C16H18N2O4/c19-13(17-12-6-7-12)10-2-4-11(5-3-10)14(20)18-16(15(21)22)8-1-9-16/h2-5,12H,1,6-9H2,(H,17,19)(H,18,20)(H,21,22). The molecule has 0 heterocycles. The zero-order valence-corrected chi connectivity index (χ0v) is 12.1. The molecule has 0 atom stereocenters. The number of hydrogen-bond acceptors (Lipinski definition) is 3. The van der Waals surface area contributed by atoms with Crippen molar-refractivity contribution in [1.82, 2.24) is 10.6 Å². The average molecular weight is 302 g/mol. The molecule has 22 heavy (non-hydrogen) atoms. The largest absolute Gasteiger partial charge is 0.480 e. The minimum absolute atomic E-state index is 0.143. The SMILES string of the molecule is O=C(NC1CC1)c1ccc(C(=O)NC2(C(=O)O)CCC2)cc1. The Morgan fingerprint density at radius 3 is 1.95 bits per heavy atom. The highest BCUT2D eigenvalue weighted by Crippen LogP contribution is 2.32. The minimum atomic E-state index is -1.13. The Morgan fingerprint density at radius 2 is 1.55 bits per heavy atom. The van der Waals surface area contributed by atoms with E-state index in [-0.39, 0.29) is 11.9 Å². The maximum Gasteiger partial charge on any atom is 0.329 e. The highest BCUT2D eigenvalue weighted by molar-refractivity contribution is 6.00. The van der Waals surface area contributed by atoms with Crippen LogP contribution >= 0.6 is 0 Å². The Morgan fingerprint density at radius 1 is 1.00 bits per heavy atom. The summed E-state index contributed by atoms with van der Waals surface area (Å²) >= 11 is 0. The molecule has 2 amide bonds. The number of rotatable bonds is 5.